The second-order valence-electron chi connectivity index (χ2n) is 14.4. The minimum Gasteiger partial charge on any atom is -0.373 e. The SMILES string of the molecule is C[C@@H]1CCCCN1c1cc(N2CCCC[C@H]2C)c([N+](=O)[O-])cc1[C@@H]1Nc2ccc3ccccc3c2C2=C1C(=O)CC(C)(C)C2. The number of allylic oxidation sites excluding steroid dienone is 1. The Hall–Kier alpha value is -3.87. The van der Waals surface area contributed by atoms with Gasteiger partial charge in [-0.2, -0.15) is 0 Å². The van der Waals surface area contributed by atoms with Gasteiger partial charge >= 0.3 is 0 Å². The summed E-state index contributed by atoms with van der Waals surface area (Å²) >= 11 is 0. The Morgan fingerprint density at radius 1 is 0.886 bits per heavy atom. The molecule has 0 spiro atoms. The van der Waals surface area contributed by atoms with E-state index in [0.717, 1.165) is 96.0 Å². The fourth-order valence-electron chi connectivity index (χ4n) is 8.42. The molecule has 3 atom stereocenters. The largest absolute Gasteiger partial charge is 0.373 e. The van der Waals surface area contributed by atoms with Gasteiger partial charge in [0.2, 0.25) is 0 Å². The molecule has 3 heterocycles. The maximum atomic E-state index is 14.2. The monoisotopic (exact) mass is 592 g/mol. The number of ketones is 1. The maximum absolute atomic E-state index is 14.2. The highest BCUT2D eigenvalue weighted by atomic mass is 16.6. The Balaban J connectivity index is 1.49. The third-order valence-corrected chi connectivity index (χ3v) is 10.6. The van der Waals surface area contributed by atoms with E-state index in [0.29, 0.717) is 18.2 Å². The summed E-state index contributed by atoms with van der Waals surface area (Å²) in [5.41, 5.74) is 6.54. The normalized spacial score (nSPS) is 25.0. The summed E-state index contributed by atoms with van der Waals surface area (Å²) in [6, 6.07) is 16.6. The number of carbonyl (C=O) groups excluding carboxylic acids is 1. The highest BCUT2D eigenvalue weighted by molar-refractivity contribution is 6.13. The van der Waals surface area contributed by atoms with Gasteiger partial charge in [0, 0.05) is 65.7 Å². The van der Waals surface area contributed by atoms with Crippen molar-refractivity contribution < 1.29 is 9.72 Å². The molecule has 4 aliphatic rings. The van der Waals surface area contributed by atoms with Gasteiger partial charge in [-0.25, -0.2) is 0 Å². The lowest BCUT2D eigenvalue weighted by Crippen LogP contribution is -2.41. The highest BCUT2D eigenvalue weighted by Crippen LogP contribution is 2.54. The highest BCUT2D eigenvalue weighted by Gasteiger charge is 2.43. The summed E-state index contributed by atoms with van der Waals surface area (Å²) in [5.74, 6) is 0.140. The molecule has 2 saturated heterocycles. The smallest absolute Gasteiger partial charge is 0.293 e. The summed E-state index contributed by atoms with van der Waals surface area (Å²) in [4.78, 5) is 31.5. The molecule has 0 radical (unpaired) electrons. The number of benzene rings is 3. The Kier molecular flexibility index (Phi) is 7.18. The number of hydrogen-bond acceptors (Lipinski definition) is 6. The minimum absolute atomic E-state index is 0.138. The lowest BCUT2D eigenvalue weighted by molar-refractivity contribution is -0.384. The van der Waals surface area contributed by atoms with E-state index in [9.17, 15) is 14.9 Å². The van der Waals surface area contributed by atoms with Gasteiger partial charge in [-0.05, 0) is 92.7 Å². The van der Waals surface area contributed by atoms with Gasteiger partial charge < -0.3 is 15.1 Å². The van der Waals surface area contributed by atoms with Crippen molar-refractivity contribution in [2.45, 2.75) is 97.2 Å². The Labute approximate surface area is 260 Å². The molecule has 0 amide bonds. The van der Waals surface area contributed by atoms with Crippen LogP contribution in [-0.4, -0.2) is 35.9 Å². The molecular formula is C37H44N4O3. The van der Waals surface area contributed by atoms with Crippen LogP contribution in [0, 0.1) is 15.5 Å². The molecule has 0 unspecified atom stereocenters. The van der Waals surface area contributed by atoms with Crippen molar-refractivity contribution in [3.05, 3.63) is 75.3 Å². The van der Waals surface area contributed by atoms with Crippen molar-refractivity contribution in [1.82, 2.24) is 0 Å². The number of nitrogens with one attached hydrogen (secondary N) is 1. The molecule has 7 nitrogen and oxygen atoms in total. The number of Topliss-reactive ketones (excluding diaryl/α,β-unsaturated/α-hetero) is 1. The van der Waals surface area contributed by atoms with Crippen LogP contribution in [0.25, 0.3) is 16.3 Å². The summed E-state index contributed by atoms with van der Waals surface area (Å²) in [7, 11) is 0. The van der Waals surface area contributed by atoms with E-state index in [-0.39, 0.29) is 27.9 Å². The zero-order chi connectivity index (χ0) is 30.7. The molecular weight excluding hydrogens is 548 g/mol. The van der Waals surface area contributed by atoms with E-state index in [1.807, 2.05) is 6.07 Å². The number of anilines is 3. The predicted octanol–water partition coefficient (Wildman–Crippen LogP) is 8.82. The van der Waals surface area contributed by atoms with Gasteiger partial charge in [0.05, 0.1) is 11.0 Å². The molecule has 3 aromatic carbocycles. The quantitative estimate of drug-likeness (QED) is 0.241. The first-order valence-electron chi connectivity index (χ1n) is 16.5. The Morgan fingerprint density at radius 3 is 2.25 bits per heavy atom. The van der Waals surface area contributed by atoms with Crippen LogP contribution in [0.4, 0.5) is 22.7 Å². The predicted molar refractivity (Wildman–Crippen MR) is 180 cm³/mol. The molecule has 3 aliphatic heterocycles. The van der Waals surface area contributed by atoms with Crippen molar-refractivity contribution in [3.63, 3.8) is 0 Å². The Bertz CT molecular complexity index is 1690. The molecule has 0 aromatic heterocycles. The molecule has 3 aromatic rings. The van der Waals surface area contributed by atoms with Gasteiger partial charge in [0.15, 0.2) is 5.78 Å². The number of nitrogens with zero attached hydrogens (tertiary/aromatic N) is 3. The summed E-state index contributed by atoms with van der Waals surface area (Å²) in [6.07, 6.45) is 7.82. The van der Waals surface area contributed by atoms with E-state index >= 15 is 0 Å². The summed E-state index contributed by atoms with van der Waals surface area (Å²) in [6.45, 7) is 10.5. The lowest BCUT2D eigenvalue weighted by atomic mass is 9.67. The average Bonchev–Trinajstić information content (AvgIpc) is 2.99. The fraction of sp³-hybridized carbons (Fsp3) is 0.486. The number of hydrogen-bond donors (Lipinski definition) is 1. The first kappa shape index (κ1) is 28.9. The van der Waals surface area contributed by atoms with E-state index in [4.69, 9.17) is 0 Å². The van der Waals surface area contributed by atoms with Gasteiger partial charge in [0.1, 0.15) is 5.69 Å². The number of carbonyl (C=O) groups is 1. The van der Waals surface area contributed by atoms with Crippen LogP contribution in [0.5, 0.6) is 0 Å². The number of nitro benzene ring substituents is 1. The molecule has 7 rings (SSSR count). The first-order valence-corrected chi connectivity index (χ1v) is 16.5. The van der Waals surface area contributed by atoms with Crippen LogP contribution < -0.4 is 15.1 Å². The van der Waals surface area contributed by atoms with Crippen LogP contribution in [0.1, 0.15) is 96.2 Å². The standard InChI is InChI=1S/C37H44N4O3/c1-23-11-7-9-17-39(23)30-20-31(40-18-10-8-12-24(40)2)32(41(43)44)19-27(30)36-35-28(21-37(3,4)22-33(35)42)34-26-14-6-5-13-25(26)15-16-29(34)38-36/h5-6,13-16,19-20,23-24,36,38H,7-12,17-18,21-22H2,1-4H3/t23-,24-,36+/m1/s1. The van der Waals surface area contributed by atoms with Gasteiger partial charge in [-0.15, -0.1) is 0 Å². The zero-order valence-electron chi connectivity index (χ0n) is 26.5. The molecule has 230 valence electrons. The molecule has 0 bridgehead atoms. The van der Waals surface area contributed by atoms with Crippen molar-refractivity contribution in [2.75, 3.05) is 28.2 Å². The van der Waals surface area contributed by atoms with E-state index < -0.39 is 6.04 Å². The zero-order valence-corrected chi connectivity index (χ0v) is 26.5. The Morgan fingerprint density at radius 2 is 1.57 bits per heavy atom. The molecule has 1 aliphatic carbocycles. The van der Waals surface area contributed by atoms with Gasteiger partial charge in [0.25, 0.3) is 5.69 Å². The number of fused-ring (bicyclic) bond motifs is 4. The van der Waals surface area contributed by atoms with Crippen LogP contribution in [-0.2, 0) is 4.79 Å². The third kappa shape index (κ3) is 4.85. The lowest BCUT2D eigenvalue weighted by Gasteiger charge is -2.43. The van der Waals surface area contributed by atoms with E-state index in [1.54, 1.807) is 0 Å². The summed E-state index contributed by atoms with van der Waals surface area (Å²) < 4.78 is 0. The number of piperidine rings is 2. The van der Waals surface area contributed by atoms with Crippen molar-refractivity contribution in [3.8, 4) is 0 Å². The van der Waals surface area contributed by atoms with E-state index in [2.05, 4.69) is 85.3 Å². The topological polar surface area (TPSA) is 78.7 Å². The number of nitro groups is 1. The molecule has 44 heavy (non-hydrogen) atoms. The average molecular weight is 593 g/mol. The van der Waals surface area contributed by atoms with E-state index in [1.165, 1.54) is 6.42 Å². The van der Waals surface area contributed by atoms with Crippen LogP contribution >= 0.6 is 0 Å². The second kappa shape index (κ2) is 10.9. The molecule has 7 heteroatoms. The first-order chi connectivity index (χ1) is 21.1. The molecule has 2 fully saturated rings. The van der Waals surface area contributed by atoms with Crippen LogP contribution in [0.3, 0.4) is 0 Å². The van der Waals surface area contributed by atoms with Crippen molar-refractivity contribution in [1.29, 1.82) is 0 Å². The molecule has 0 saturated carbocycles. The maximum Gasteiger partial charge on any atom is 0.293 e. The minimum atomic E-state index is -0.460. The fourth-order valence-corrected chi connectivity index (χ4v) is 8.42. The van der Waals surface area contributed by atoms with Crippen LogP contribution in [0.15, 0.2) is 54.1 Å². The number of rotatable bonds is 4. The summed E-state index contributed by atoms with van der Waals surface area (Å²) in [5, 5.41) is 18.9. The molecule has 1 N–H and O–H groups in total. The van der Waals surface area contributed by atoms with Crippen LogP contribution in [0.2, 0.25) is 0 Å². The van der Waals surface area contributed by atoms with Gasteiger partial charge in [-0.1, -0.05) is 44.2 Å². The van der Waals surface area contributed by atoms with Gasteiger partial charge in [-0.3, -0.25) is 14.9 Å². The van der Waals surface area contributed by atoms with Crippen molar-refractivity contribution in [2.24, 2.45) is 5.41 Å². The third-order valence-electron chi connectivity index (χ3n) is 10.6. The second-order valence-corrected chi connectivity index (χ2v) is 14.4. The van der Waals surface area contributed by atoms with Crippen molar-refractivity contribution >= 4 is 44.9 Å².